The van der Waals surface area contributed by atoms with E-state index >= 15 is 0 Å². The summed E-state index contributed by atoms with van der Waals surface area (Å²) in [6, 6.07) is 9.81. The molecule has 0 heterocycles. The molecule has 2 unspecified atom stereocenters. The average molecular weight is 292 g/mol. The van der Waals surface area contributed by atoms with Gasteiger partial charge in [0.25, 0.3) is 0 Å². The van der Waals surface area contributed by atoms with Crippen LogP contribution >= 0.6 is 0 Å². The molecular formula is C18H32N2O. The van der Waals surface area contributed by atoms with Crippen molar-refractivity contribution in [2.24, 2.45) is 0 Å². The minimum atomic E-state index is 0.362. The minimum absolute atomic E-state index is 0.362. The second-order valence-corrected chi connectivity index (χ2v) is 6.18. The van der Waals surface area contributed by atoms with Gasteiger partial charge in [-0.3, -0.25) is 4.90 Å². The van der Waals surface area contributed by atoms with E-state index in [1.54, 1.807) is 7.11 Å². The summed E-state index contributed by atoms with van der Waals surface area (Å²) in [4.78, 5) is 2.35. The highest BCUT2D eigenvalue weighted by atomic mass is 16.5. The number of nitrogens with one attached hydrogen (secondary N) is 1. The van der Waals surface area contributed by atoms with E-state index in [0.29, 0.717) is 18.0 Å². The molecular weight excluding hydrogens is 260 g/mol. The Morgan fingerprint density at radius 2 is 1.67 bits per heavy atom. The van der Waals surface area contributed by atoms with Crippen molar-refractivity contribution in [2.75, 3.05) is 33.9 Å². The normalized spacial score (nSPS) is 14.7. The van der Waals surface area contributed by atoms with Crippen molar-refractivity contribution in [1.82, 2.24) is 10.2 Å². The molecule has 0 aliphatic carbocycles. The van der Waals surface area contributed by atoms with Crippen LogP contribution in [0.15, 0.2) is 24.3 Å². The molecule has 21 heavy (non-hydrogen) atoms. The summed E-state index contributed by atoms with van der Waals surface area (Å²) in [5.74, 6) is 0.584. The van der Waals surface area contributed by atoms with Crippen LogP contribution in [0, 0.1) is 0 Å². The van der Waals surface area contributed by atoms with E-state index in [0.717, 1.165) is 19.7 Å². The standard InChI is InChI=1S/C18H32N2O/c1-7-19-18(12-20(5)15(4)13-21-6)17-10-8-16(9-11-17)14(2)3/h8-11,14-15,18-19H,7,12-13H2,1-6H3. The van der Waals surface area contributed by atoms with Crippen LogP contribution < -0.4 is 5.32 Å². The number of hydrogen-bond donors (Lipinski definition) is 1. The molecule has 1 aromatic carbocycles. The predicted octanol–water partition coefficient (Wildman–Crippen LogP) is 3.43. The first kappa shape index (κ1) is 18.1. The third kappa shape index (κ3) is 5.77. The van der Waals surface area contributed by atoms with Crippen LogP contribution in [0.5, 0.6) is 0 Å². The number of rotatable bonds is 9. The van der Waals surface area contributed by atoms with Gasteiger partial charge in [-0.25, -0.2) is 0 Å². The summed E-state index contributed by atoms with van der Waals surface area (Å²) in [5, 5.41) is 3.59. The van der Waals surface area contributed by atoms with E-state index < -0.39 is 0 Å². The molecule has 2 atom stereocenters. The van der Waals surface area contributed by atoms with Crippen molar-refractivity contribution in [2.45, 2.75) is 45.7 Å². The van der Waals surface area contributed by atoms with Crippen molar-refractivity contribution in [3.63, 3.8) is 0 Å². The molecule has 0 fully saturated rings. The lowest BCUT2D eigenvalue weighted by Crippen LogP contribution is -2.39. The fourth-order valence-corrected chi connectivity index (χ4v) is 2.48. The zero-order chi connectivity index (χ0) is 15.8. The lowest BCUT2D eigenvalue weighted by atomic mass is 9.98. The molecule has 0 radical (unpaired) electrons. The summed E-state index contributed by atoms with van der Waals surface area (Å²) in [6.45, 7) is 11.6. The zero-order valence-electron chi connectivity index (χ0n) is 14.5. The molecule has 0 spiro atoms. The van der Waals surface area contributed by atoms with Gasteiger partial charge in [-0.15, -0.1) is 0 Å². The second-order valence-electron chi connectivity index (χ2n) is 6.18. The number of methoxy groups -OCH3 is 1. The Bertz CT molecular complexity index is 389. The molecule has 0 bridgehead atoms. The first-order valence-corrected chi connectivity index (χ1v) is 8.02. The molecule has 1 aromatic rings. The Hall–Kier alpha value is -0.900. The van der Waals surface area contributed by atoms with E-state index in [4.69, 9.17) is 4.74 Å². The average Bonchev–Trinajstić information content (AvgIpc) is 2.47. The lowest BCUT2D eigenvalue weighted by molar-refractivity contribution is 0.109. The SMILES string of the molecule is CCNC(CN(C)C(C)COC)c1ccc(C(C)C)cc1. The Morgan fingerprint density at radius 3 is 2.14 bits per heavy atom. The minimum Gasteiger partial charge on any atom is -0.383 e. The van der Waals surface area contributed by atoms with Gasteiger partial charge in [-0.05, 0) is 37.6 Å². The number of nitrogens with zero attached hydrogens (tertiary/aromatic N) is 1. The Morgan fingerprint density at radius 1 is 1.10 bits per heavy atom. The number of ether oxygens (including phenoxy) is 1. The molecule has 0 amide bonds. The van der Waals surface area contributed by atoms with E-state index in [1.165, 1.54) is 11.1 Å². The Labute approximate surface area is 130 Å². The summed E-state index contributed by atoms with van der Waals surface area (Å²) in [7, 11) is 3.92. The van der Waals surface area contributed by atoms with Gasteiger partial charge in [0.1, 0.15) is 0 Å². The maximum atomic E-state index is 5.25. The van der Waals surface area contributed by atoms with Crippen molar-refractivity contribution >= 4 is 0 Å². The number of hydrogen-bond acceptors (Lipinski definition) is 3. The van der Waals surface area contributed by atoms with Crippen LogP contribution in [0.1, 0.15) is 50.8 Å². The highest BCUT2D eigenvalue weighted by Crippen LogP contribution is 2.20. The van der Waals surface area contributed by atoms with Crippen LogP contribution in [-0.2, 0) is 4.74 Å². The first-order valence-electron chi connectivity index (χ1n) is 8.02. The highest BCUT2D eigenvalue weighted by molar-refractivity contribution is 5.27. The largest absolute Gasteiger partial charge is 0.383 e. The van der Waals surface area contributed by atoms with Gasteiger partial charge in [-0.2, -0.15) is 0 Å². The molecule has 3 heteroatoms. The molecule has 0 aromatic heterocycles. The third-order valence-electron chi connectivity index (χ3n) is 4.09. The summed E-state index contributed by atoms with van der Waals surface area (Å²) in [6.07, 6.45) is 0. The Kier molecular flexibility index (Phi) is 7.94. The second kappa shape index (κ2) is 9.19. The molecule has 1 rings (SSSR count). The maximum Gasteiger partial charge on any atom is 0.0615 e. The highest BCUT2D eigenvalue weighted by Gasteiger charge is 2.16. The van der Waals surface area contributed by atoms with Crippen molar-refractivity contribution in [3.8, 4) is 0 Å². The van der Waals surface area contributed by atoms with Gasteiger partial charge in [0.15, 0.2) is 0 Å². The quantitative estimate of drug-likeness (QED) is 0.754. The van der Waals surface area contributed by atoms with Crippen LogP contribution in [0.3, 0.4) is 0 Å². The third-order valence-corrected chi connectivity index (χ3v) is 4.09. The molecule has 0 aliphatic rings. The van der Waals surface area contributed by atoms with Crippen LogP contribution in [0.25, 0.3) is 0 Å². The first-order chi connectivity index (χ1) is 9.99. The van der Waals surface area contributed by atoms with E-state index in [1.807, 2.05) is 0 Å². The van der Waals surface area contributed by atoms with Crippen LogP contribution in [0.2, 0.25) is 0 Å². The lowest BCUT2D eigenvalue weighted by Gasteiger charge is -2.29. The topological polar surface area (TPSA) is 24.5 Å². The Balaban J connectivity index is 2.76. The number of benzene rings is 1. The van der Waals surface area contributed by atoms with Crippen molar-refractivity contribution < 1.29 is 4.74 Å². The van der Waals surface area contributed by atoms with Crippen molar-refractivity contribution in [3.05, 3.63) is 35.4 Å². The van der Waals surface area contributed by atoms with Crippen molar-refractivity contribution in [1.29, 1.82) is 0 Å². The fraction of sp³-hybridized carbons (Fsp3) is 0.667. The van der Waals surface area contributed by atoms with Gasteiger partial charge >= 0.3 is 0 Å². The van der Waals surface area contributed by atoms with Gasteiger partial charge < -0.3 is 10.1 Å². The zero-order valence-corrected chi connectivity index (χ0v) is 14.5. The molecule has 0 saturated heterocycles. The van der Waals surface area contributed by atoms with Gasteiger partial charge in [0, 0.05) is 25.7 Å². The predicted molar refractivity (Wildman–Crippen MR) is 90.9 cm³/mol. The monoisotopic (exact) mass is 292 g/mol. The van der Waals surface area contributed by atoms with Crippen LogP contribution in [0.4, 0.5) is 0 Å². The smallest absolute Gasteiger partial charge is 0.0615 e. The van der Waals surface area contributed by atoms with Gasteiger partial charge in [0.2, 0.25) is 0 Å². The summed E-state index contributed by atoms with van der Waals surface area (Å²) in [5.41, 5.74) is 2.76. The molecule has 1 N–H and O–H groups in total. The summed E-state index contributed by atoms with van der Waals surface area (Å²) < 4.78 is 5.25. The summed E-state index contributed by atoms with van der Waals surface area (Å²) >= 11 is 0. The van der Waals surface area contributed by atoms with E-state index in [-0.39, 0.29) is 0 Å². The molecule has 0 aliphatic heterocycles. The number of likely N-dealkylation sites (N-methyl/N-ethyl adjacent to an activating group) is 2. The molecule has 0 saturated carbocycles. The van der Waals surface area contributed by atoms with E-state index in [2.05, 4.69) is 69.2 Å². The maximum absolute atomic E-state index is 5.25. The molecule has 3 nitrogen and oxygen atoms in total. The molecule has 120 valence electrons. The van der Waals surface area contributed by atoms with Gasteiger partial charge in [-0.1, -0.05) is 45.0 Å². The van der Waals surface area contributed by atoms with E-state index in [9.17, 15) is 0 Å². The fourth-order valence-electron chi connectivity index (χ4n) is 2.48. The van der Waals surface area contributed by atoms with Crippen LogP contribution in [-0.4, -0.2) is 44.8 Å². The van der Waals surface area contributed by atoms with Gasteiger partial charge in [0.05, 0.1) is 6.61 Å².